The van der Waals surface area contributed by atoms with Gasteiger partial charge in [0.05, 0.1) is 6.04 Å². The fraction of sp³-hybridized carbons (Fsp3) is 0.462. The van der Waals surface area contributed by atoms with Crippen LogP contribution in [0.2, 0.25) is 0 Å². The summed E-state index contributed by atoms with van der Waals surface area (Å²) < 4.78 is 0. The van der Waals surface area contributed by atoms with Crippen LogP contribution < -0.4 is 5.73 Å². The van der Waals surface area contributed by atoms with Gasteiger partial charge in [-0.05, 0) is 25.0 Å². The average molecular weight is 218 g/mol. The number of nitrogens with zero attached hydrogens (tertiary/aromatic N) is 1. The van der Waals surface area contributed by atoms with Gasteiger partial charge in [0, 0.05) is 18.2 Å². The molecule has 1 aliphatic rings. The van der Waals surface area contributed by atoms with Crippen LogP contribution in [-0.4, -0.2) is 23.4 Å². The predicted octanol–water partition coefficient (Wildman–Crippen LogP) is 1.94. The number of hydrogen-bond donors (Lipinski definition) is 1. The second-order valence-corrected chi connectivity index (χ2v) is 4.31. The van der Waals surface area contributed by atoms with E-state index in [0.717, 1.165) is 17.5 Å². The minimum Gasteiger partial charge on any atom is -0.328 e. The first-order valence-corrected chi connectivity index (χ1v) is 5.82. The number of carbonyl (C=O) groups is 1. The molecule has 2 rings (SSSR count). The molecule has 1 amide bonds. The Hall–Kier alpha value is -1.35. The summed E-state index contributed by atoms with van der Waals surface area (Å²) in [6.07, 6.45) is 0.955. The van der Waals surface area contributed by atoms with Gasteiger partial charge in [0.15, 0.2) is 0 Å². The highest BCUT2D eigenvalue weighted by Crippen LogP contribution is 2.34. The predicted molar refractivity (Wildman–Crippen MR) is 64.2 cm³/mol. The molecule has 0 radical (unpaired) electrons. The first-order chi connectivity index (χ1) is 7.70. The summed E-state index contributed by atoms with van der Waals surface area (Å²) in [5.74, 6) is 0.125. The summed E-state index contributed by atoms with van der Waals surface area (Å²) in [6, 6.07) is 8.07. The lowest BCUT2D eigenvalue weighted by Gasteiger charge is -2.29. The van der Waals surface area contributed by atoms with Gasteiger partial charge in [-0.3, -0.25) is 4.79 Å². The molecule has 3 heteroatoms. The highest BCUT2D eigenvalue weighted by Gasteiger charge is 2.37. The van der Waals surface area contributed by atoms with Crippen molar-refractivity contribution in [2.45, 2.75) is 32.4 Å². The summed E-state index contributed by atoms with van der Waals surface area (Å²) in [5, 5.41) is 0. The summed E-state index contributed by atoms with van der Waals surface area (Å²) in [4.78, 5) is 14.2. The van der Waals surface area contributed by atoms with Gasteiger partial charge in [-0.2, -0.15) is 0 Å². The fourth-order valence-electron chi connectivity index (χ4n) is 2.36. The molecule has 0 aromatic heterocycles. The molecule has 16 heavy (non-hydrogen) atoms. The van der Waals surface area contributed by atoms with E-state index in [1.165, 1.54) is 0 Å². The fourth-order valence-corrected chi connectivity index (χ4v) is 2.36. The van der Waals surface area contributed by atoms with Crippen LogP contribution in [0.15, 0.2) is 24.3 Å². The van der Waals surface area contributed by atoms with E-state index in [4.69, 9.17) is 5.73 Å². The Morgan fingerprint density at radius 1 is 1.44 bits per heavy atom. The quantitative estimate of drug-likeness (QED) is 0.842. The van der Waals surface area contributed by atoms with Gasteiger partial charge in [-0.1, -0.05) is 25.1 Å². The first-order valence-electron chi connectivity index (χ1n) is 5.82. The maximum atomic E-state index is 12.2. The van der Waals surface area contributed by atoms with E-state index < -0.39 is 0 Å². The Kier molecular flexibility index (Phi) is 2.97. The van der Waals surface area contributed by atoms with Crippen LogP contribution in [0.4, 0.5) is 0 Å². The second kappa shape index (κ2) is 4.26. The van der Waals surface area contributed by atoms with Gasteiger partial charge in [-0.25, -0.2) is 0 Å². The third-order valence-corrected chi connectivity index (χ3v) is 3.41. The number of nitrogens with two attached hydrogens (primary N) is 1. The molecule has 2 N–H and O–H groups in total. The highest BCUT2D eigenvalue weighted by atomic mass is 16.2. The van der Waals surface area contributed by atoms with E-state index in [0.29, 0.717) is 6.54 Å². The van der Waals surface area contributed by atoms with Crippen LogP contribution in [0.1, 0.15) is 42.2 Å². The molecule has 0 bridgehead atoms. The molecule has 0 spiro atoms. The van der Waals surface area contributed by atoms with E-state index in [1.807, 2.05) is 29.2 Å². The van der Waals surface area contributed by atoms with Crippen LogP contribution in [0, 0.1) is 0 Å². The lowest BCUT2D eigenvalue weighted by molar-refractivity contribution is 0.0647. The molecule has 3 nitrogen and oxygen atoms in total. The number of benzene rings is 1. The molecule has 0 fully saturated rings. The Morgan fingerprint density at radius 3 is 2.75 bits per heavy atom. The van der Waals surface area contributed by atoms with Crippen molar-refractivity contribution < 1.29 is 4.79 Å². The van der Waals surface area contributed by atoms with E-state index >= 15 is 0 Å². The van der Waals surface area contributed by atoms with E-state index in [1.54, 1.807) is 0 Å². The smallest absolute Gasteiger partial charge is 0.255 e. The van der Waals surface area contributed by atoms with Gasteiger partial charge in [0.25, 0.3) is 5.91 Å². The molecule has 1 aromatic rings. The Balaban J connectivity index is 2.43. The highest BCUT2D eigenvalue weighted by molar-refractivity contribution is 5.99. The Bertz CT molecular complexity index is 403. The van der Waals surface area contributed by atoms with Crippen LogP contribution in [0.5, 0.6) is 0 Å². The Labute approximate surface area is 96.2 Å². The molecule has 1 aromatic carbocycles. The van der Waals surface area contributed by atoms with Gasteiger partial charge in [-0.15, -0.1) is 0 Å². The third-order valence-electron chi connectivity index (χ3n) is 3.41. The molecular weight excluding hydrogens is 200 g/mol. The molecule has 0 saturated heterocycles. The molecule has 2 atom stereocenters. The van der Waals surface area contributed by atoms with Crippen molar-refractivity contribution in [2.24, 2.45) is 5.73 Å². The maximum Gasteiger partial charge on any atom is 0.255 e. The van der Waals surface area contributed by atoms with Crippen LogP contribution in [0.3, 0.4) is 0 Å². The topological polar surface area (TPSA) is 46.3 Å². The van der Waals surface area contributed by atoms with Crippen LogP contribution in [0.25, 0.3) is 0 Å². The van der Waals surface area contributed by atoms with Gasteiger partial charge in [0.1, 0.15) is 0 Å². The SMILES string of the molecule is CCC(C)N1C(=O)c2ccccc2C1CN. The summed E-state index contributed by atoms with van der Waals surface area (Å²) in [7, 11) is 0. The summed E-state index contributed by atoms with van der Waals surface area (Å²) in [5.41, 5.74) is 7.70. The standard InChI is InChI=1S/C13H18N2O/c1-3-9(2)15-12(8-14)10-6-4-5-7-11(10)13(15)16/h4-7,9,12H,3,8,14H2,1-2H3. The van der Waals surface area contributed by atoms with Gasteiger partial charge >= 0.3 is 0 Å². The van der Waals surface area contributed by atoms with Gasteiger partial charge < -0.3 is 10.6 Å². The summed E-state index contributed by atoms with van der Waals surface area (Å²) >= 11 is 0. The number of amides is 1. The number of fused-ring (bicyclic) bond motifs is 1. The average Bonchev–Trinajstić information content (AvgIpc) is 2.62. The van der Waals surface area contributed by atoms with Crippen molar-refractivity contribution in [1.29, 1.82) is 0 Å². The summed E-state index contributed by atoms with van der Waals surface area (Å²) in [6.45, 7) is 4.66. The van der Waals surface area contributed by atoms with Crippen molar-refractivity contribution in [3.8, 4) is 0 Å². The zero-order chi connectivity index (χ0) is 11.7. The van der Waals surface area contributed by atoms with E-state index in [-0.39, 0.29) is 18.0 Å². The molecular formula is C13H18N2O. The second-order valence-electron chi connectivity index (χ2n) is 4.31. The molecule has 0 aliphatic carbocycles. The Morgan fingerprint density at radius 2 is 2.12 bits per heavy atom. The van der Waals surface area contributed by atoms with Crippen molar-refractivity contribution in [1.82, 2.24) is 4.90 Å². The minimum absolute atomic E-state index is 0.0543. The normalized spacial score (nSPS) is 21.1. The number of hydrogen-bond acceptors (Lipinski definition) is 2. The molecule has 1 heterocycles. The maximum absolute atomic E-state index is 12.2. The van der Waals surface area contributed by atoms with Crippen molar-refractivity contribution in [3.05, 3.63) is 35.4 Å². The molecule has 1 aliphatic heterocycles. The van der Waals surface area contributed by atoms with Gasteiger partial charge in [0.2, 0.25) is 0 Å². The lowest BCUT2D eigenvalue weighted by atomic mass is 10.0. The van der Waals surface area contributed by atoms with Crippen molar-refractivity contribution >= 4 is 5.91 Å². The minimum atomic E-state index is 0.0543. The lowest BCUT2D eigenvalue weighted by Crippen LogP contribution is -2.38. The van der Waals surface area contributed by atoms with Crippen LogP contribution >= 0.6 is 0 Å². The van der Waals surface area contributed by atoms with Crippen molar-refractivity contribution in [3.63, 3.8) is 0 Å². The first kappa shape index (κ1) is 11.1. The molecule has 86 valence electrons. The zero-order valence-electron chi connectivity index (χ0n) is 9.81. The van der Waals surface area contributed by atoms with E-state index in [9.17, 15) is 4.79 Å². The van der Waals surface area contributed by atoms with Crippen LogP contribution in [-0.2, 0) is 0 Å². The largest absolute Gasteiger partial charge is 0.328 e. The number of carbonyl (C=O) groups excluding carboxylic acids is 1. The third kappa shape index (κ3) is 1.52. The van der Waals surface area contributed by atoms with Crippen molar-refractivity contribution in [2.75, 3.05) is 6.54 Å². The number of rotatable bonds is 3. The monoisotopic (exact) mass is 218 g/mol. The van der Waals surface area contributed by atoms with E-state index in [2.05, 4.69) is 13.8 Å². The molecule has 2 unspecified atom stereocenters. The zero-order valence-corrected chi connectivity index (χ0v) is 9.81. The molecule has 0 saturated carbocycles.